The zero-order valence-electron chi connectivity index (χ0n) is 19.0. The van der Waals surface area contributed by atoms with E-state index in [1.165, 1.54) is 30.6 Å². The van der Waals surface area contributed by atoms with Gasteiger partial charge in [-0.15, -0.1) is 11.3 Å². The van der Waals surface area contributed by atoms with Gasteiger partial charge in [-0.3, -0.25) is 4.79 Å². The Morgan fingerprint density at radius 3 is 2.10 bits per heavy atom. The molecule has 3 heteroatoms. The van der Waals surface area contributed by atoms with Gasteiger partial charge in [0.25, 0.3) is 0 Å². The van der Waals surface area contributed by atoms with E-state index in [0.29, 0.717) is 6.42 Å². The Morgan fingerprint density at radius 1 is 0.933 bits per heavy atom. The van der Waals surface area contributed by atoms with Gasteiger partial charge in [0.2, 0.25) is 5.91 Å². The molecule has 2 nitrogen and oxygen atoms in total. The van der Waals surface area contributed by atoms with Gasteiger partial charge >= 0.3 is 0 Å². The number of hydrogen-bond donors (Lipinski definition) is 1. The molecule has 1 unspecified atom stereocenters. The third-order valence-corrected chi connectivity index (χ3v) is 5.63. The van der Waals surface area contributed by atoms with Crippen LogP contribution < -0.4 is 5.32 Å². The molecule has 1 N–H and O–H groups in total. The molecule has 0 spiro atoms. The molecule has 0 saturated carbocycles. The number of amides is 1. The summed E-state index contributed by atoms with van der Waals surface area (Å²) in [5, 5.41) is 5.17. The molecule has 0 saturated heterocycles. The summed E-state index contributed by atoms with van der Waals surface area (Å²) in [5.41, 5.74) is 0. The number of nitrogens with one attached hydrogen (secondary N) is 1. The minimum Gasteiger partial charge on any atom is -0.353 e. The van der Waals surface area contributed by atoms with E-state index in [9.17, 15) is 4.79 Å². The zero-order chi connectivity index (χ0) is 21.7. The fraction of sp³-hybridized carbons (Fsp3) is 0.519. The van der Waals surface area contributed by atoms with Crippen LogP contribution in [0.25, 0.3) is 0 Å². The average Bonchev–Trinajstić information content (AvgIpc) is 3.23. The second-order valence-electron chi connectivity index (χ2n) is 7.73. The third-order valence-electron chi connectivity index (χ3n) is 4.73. The van der Waals surface area contributed by atoms with Crippen LogP contribution in [0.2, 0.25) is 0 Å². The minimum atomic E-state index is 0.162. The van der Waals surface area contributed by atoms with Gasteiger partial charge in [-0.25, -0.2) is 0 Å². The molecule has 1 rings (SSSR count). The van der Waals surface area contributed by atoms with Crippen molar-refractivity contribution in [3.05, 3.63) is 71.0 Å². The molecule has 0 bridgehead atoms. The lowest BCUT2D eigenvalue weighted by atomic mass is 10.1. The number of allylic oxidation sites excluding steroid dienone is 8. The van der Waals surface area contributed by atoms with Crippen molar-refractivity contribution in [2.75, 3.05) is 0 Å². The van der Waals surface area contributed by atoms with Crippen molar-refractivity contribution in [1.29, 1.82) is 0 Å². The molecule has 0 radical (unpaired) electrons. The lowest BCUT2D eigenvalue weighted by Gasteiger charge is -2.12. The Morgan fingerprint density at radius 2 is 1.53 bits per heavy atom. The first kappa shape index (κ1) is 26.2. The van der Waals surface area contributed by atoms with Gasteiger partial charge in [0.15, 0.2) is 0 Å². The molecule has 0 aromatic carbocycles. The van der Waals surface area contributed by atoms with Crippen LogP contribution in [0.4, 0.5) is 0 Å². The van der Waals surface area contributed by atoms with Crippen molar-refractivity contribution in [2.24, 2.45) is 0 Å². The summed E-state index contributed by atoms with van der Waals surface area (Å²) in [6.07, 6.45) is 29.4. The first-order valence-corrected chi connectivity index (χ1v) is 12.5. The smallest absolute Gasteiger partial charge is 0.220 e. The van der Waals surface area contributed by atoms with Crippen LogP contribution in [0.3, 0.4) is 0 Å². The number of rotatable bonds is 17. The Hall–Kier alpha value is -1.87. The molecule has 166 valence electrons. The van der Waals surface area contributed by atoms with E-state index in [1.54, 1.807) is 11.3 Å². The molecule has 1 aromatic heterocycles. The van der Waals surface area contributed by atoms with Gasteiger partial charge in [0, 0.05) is 23.8 Å². The topological polar surface area (TPSA) is 29.1 Å². The molecule has 0 aliphatic rings. The van der Waals surface area contributed by atoms with E-state index < -0.39 is 0 Å². The van der Waals surface area contributed by atoms with Gasteiger partial charge in [-0.2, -0.15) is 0 Å². The SMILES string of the molecule is CCCCC/C=C\C/C=C\C/C=C\C/C=C\CCCC(=O)NC(C)Cc1cccs1. The number of unbranched alkanes of at least 4 members (excludes halogenated alkanes) is 4. The maximum atomic E-state index is 12.0. The van der Waals surface area contributed by atoms with Crippen LogP contribution in [-0.4, -0.2) is 11.9 Å². The van der Waals surface area contributed by atoms with Crippen molar-refractivity contribution >= 4 is 17.2 Å². The summed E-state index contributed by atoms with van der Waals surface area (Å²) in [6.45, 7) is 4.32. The highest BCUT2D eigenvalue weighted by Gasteiger charge is 2.08. The van der Waals surface area contributed by atoms with Crippen LogP contribution in [0.5, 0.6) is 0 Å². The summed E-state index contributed by atoms with van der Waals surface area (Å²) in [4.78, 5) is 13.3. The molecule has 1 atom stereocenters. The molecule has 1 heterocycles. The van der Waals surface area contributed by atoms with Gasteiger partial charge in [0.1, 0.15) is 0 Å². The Balaban J connectivity index is 1.95. The standard InChI is InChI=1S/C27H41NOS/c1-3-4-5-6-7-8-9-10-11-12-13-14-15-16-17-18-19-22-27(29)28-25(2)24-26-21-20-23-30-26/h7-8,10-11,13-14,16-17,20-21,23,25H,3-6,9,12,15,18-19,22,24H2,1-2H3,(H,28,29)/b8-7-,11-10-,14-13-,17-16-. The van der Waals surface area contributed by atoms with E-state index in [-0.39, 0.29) is 11.9 Å². The Bertz CT molecular complexity index is 640. The predicted molar refractivity (Wildman–Crippen MR) is 134 cm³/mol. The van der Waals surface area contributed by atoms with E-state index in [1.807, 2.05) is 0 Å². The maximum absolute atomic E-state index is 12.0. The molecule has 30 heavy (non-hydrogen) atoms. The number of carbonyl (C=O) groups excluding carboxylic acids is 1. The van der Waals surface area contributed by atoms with E-state index >= 15 is 0 Å². The lowest BCUT2D eigenvalue weighted by molar-refractivity contribution is -0.121. The summed E-state index contributed by atoms with van der Waals surface area (Å²) < 4.78 is 0. The van der Waals surface area contributed by atoms with Crippen molar-refractivity contribution < 1.29 is 4.79 Å². The predicted octanol–water partition coefficient (Wildman–Crippen LogP) is 7.94. The number of hydrogen-bond acceptors (Lipinski definition) is 2. The molecule has 1 aromatic rings. The fourth-order valence-electron chi connectivity index (χ4n) is 3.07. The summed E-state index contributed by atoms with van der Waals surface area (Å²) in [7, 11) is 0. The number of thiophene rings is 1. The van der Waals surface area contributed by atoms with Crippen LogP contribution in [0.1, 0.15) is 82.9 Å². The summed E-state index contributed by atoms with van der Waals surface area (Å²) >= 11 is 1.75. The second-order valence-corrected chi connectivity index (χ2v) is 8.77. The van der Waals surface area contributed by atoms with Crippen LogP contribution in [-0.2, 0) is 11.2 Å². The van der Waals surface area contributed by atoms with Crippen molar-refractivity contribution in [3.8, 4) is 0 Å². The highest BCUT2D eigenvalue weighted by Crippen LogP contribution is 2.11. The quantitative estimate of drug-likeness (QED) is 0.198. The summed E-state index contributed by atoms with van der Waals surface area (Å²) in [5.74, 6) is 0.162. The second kappa shape index (κ2) is 19.1. The van der Waals surface area contributed by atoms with Crippen LogP contribution in [0, 0.1) is 0 Å². The molecule has 1 amide bonds. The van der Waals surface area contributed by atoms with Crippen LogP contribution in [0.15, 0.2) is 66.1 Å². The highest BCUT2D eigenvalue weighted by molar-refractivity contribution is 7.09. The highest BCUT2D eigenvalue weighted by atomic mass is 32.1. The minimum absolute atomic E-state index is 0.162. The monoisotopic (exact) mass is 427 g/mol. The van der Waals surface area contributed by atoms with Crippen molar-refractivity contribution in [3.63, 3.8) is 0 Å². The molecule has 0 aliphatic heterocycles. The van der Waals surface area contributed by atoms with E-state index in [4.69, 9.17) is 0 Å². The molecule has 0 fully saturated rings. The third kappa shape index (κ3) is 16.0. The van der Waals surface area contributed by atoms with Crippen molar-refractivity contribution in [2.45, 2.75) is 90.5 Å². The molecular weight excluding hydrogens is 386 g/mol. The maximum Gasteiger partial charge on any atom is 0.220 e. The normalized spacial score (nSPS) is 13.3. The van der Waals surface area contributed by atoms with Gasteiger partial charge in [-0.05, 0) is 63.3 Å². The Labute approximate surface area is 188 Å². The molecular formula is C27H41NOS. The molecule has 0 aliphatic carbocycles. The lowest BCUT2D eigenvalue weighted by Crippen LogP contribution is -2.33. The first-order valence-electron chi connectivity index (χ1n) is 11.6. The average molecular weight is 428 g/mol. The largest absolute Gasteiger partial charge is 0.353 e. The van der Waals surface area contributed by atoms with Gasteiger partial charge in [-0.1, -0.05) is 74.4 Å². The van der Waals surface area contributed by atoms with Gasteiger partial charge < -0.3 is 5.32 Å². The fourth-order valence-corrected chi connectivity index (χ4v) is 3.91. The first-order chi connectivity index (χ1) is 14.7. The van der Waals surface area contributed by atoms with Gasteiger partial charge in [0.05, 0.1) is 0 Å². The summed E-state index contributed by atoms with van der Waals surface area (Å²) in [6, 6.07) is 4.38. The zero-order valence-corrected chi connectivity index (χ0v) is 19.8. The van der Waals surface area contributed by atoms with E-state index in [2.05, 4.69) is 85.3 Å². The van der Waals surface area contributed by atoms with E-state index in [0.717, 1.165) is 38.5 Å². The number of carbonyl (C=O) groups is 1. The van der Waals surface area contributed by atoms with Crippen molar-refractivity contribution in [1.82, 2.24) is 5.32 Å². The Kier molecular flexibility index (Phi) is 16.7. The van der Waals surface area contributed by atoms with Crippen LogP contribution >= 0.6 is 11.3 Å².